The van der Waals surface area contributed by atoms with Crippen LogP contribution in [0.25, 0.3) is 11.0 Å². The van der Waals surface area contributed by atoms with Gasteiger partial charge in [0.25, 0.3) is 5.91 Å². The van der Waals surface area contributed by atoms with Gasteiger partial charge in [0.2, 0.25) is 17.7 Å². The van der Waals surface area contributed by atoms with E-state index in [0.29, 0.717) is 28.7 Å². The molecule has 5 heterocycles. The maximum atomic E-state index is 15.6. The summed E-state index contributed by atoms with van der Waals surface area (Å²) in [5.74, 6) is -1.75. The summed E-state index contributed by atoms with van der Waals surface area (Å²) in [5.41, 5.74) is 3.14. The van der Waals surface area contributed by atoms with Crippen LogP contribution in [0.2, 0.25) is 0 Å². The Hall–Kier alpha value is -5.00. The number of nitrogens with zero attached hydrogens (tertiary/aromatic N) is 5. The highest BCUT2D eigenvalue weighted by Crippen LogP contribution is 2.33. The van der Waals surface area contributed by atoms with E-state index in [1.807, 2.05) is 12.1 Å². The molecule has 296 valence electrons. The lowest BCUT2D eigenvalue weighted by Gasteiger charge is -2.37. The average Bonchev–Trinajstić information content (AvgIpc) is 3.57. The predicted octanol–water partition coefficient (Wildman–Crippen LogP) is 4.68. The number of hydroxylamine groups is 1. The number of rotatable bonds is 12. The topological polar surface area (TPSA) is 163 Å². The number of hydrogen-bond acceptors (Lipinski definition) is 10. The van der Waals surface area contributed by atoms with Gasteiger partial charge in [-0.1, -0.05) is 22.0 Å². The highest BCUT2D eigenvalue weighted by molar-refractivity contribution is 9.10. The SMILES string of the molecule is Cn1cnc2c(F)c(Nc3ccc(Br)cc3F)c(C(=O)NOCCNC(=O)C3CCN(CC4CCN(c5ccc(C6CCC(=O)NC6=O)cn5)CC4)CC3)cc21. The maximum absolute atomic E-state index is 15.6. The molecule has 3 aliphatic rings. The molecule has 17 heteroatoms. The van der Waals surface area contributed by atoms with Gasteiger partial charge in [-0.3, -0.25) is 29.3 Å². The second-order valence-corrected chi connectivity index (χ2v) is 15.5. The quantitative estimate of drug-likeness (QED) is 0.0897. The van der Waals surface area contributed by atoms with Crippen molar-refractivity contribution in [3.05, 3.63) is 76.2 Å². The van der Waals surface area contributed by atoms with Crippen LogP contribution in [0, 0.1) is 23.5 Å². The number of halogens is 3. The Kier molecular flexibility index (Phi) is 12.2. The van der Waals surface area contributed by atoms with E-state index < -0.39 is 17.5 Å². The van der Waals surface area contributed by atoms with Crippen LogP contribution in [0.5, 0.6) is 0 Å². The van der Waals surface area contributed by atoms with Crippen molar-refractivity contribution in [2.24, 2.45) is 18.9 Å². The number of piperidine rings is 3. The number of carbonyl (C=O) groups excluding carboxylic acids is 4. The van der Waals surface area contributed by atoms with Gasteiger partial charge >= 0.3 is 0 Å². The largest absolute Gasteiger partial charge is 0.357 e. The number of benzene rings is 2. The molecule has 3 saturated heterocycles. The molecule has 7 rings (SSSR count). The number of imide groups is 1. The Balaban J connectivity index is 0.816. The molecule has 4 amide bonds. The third kappa shape index (κ3) is 9.00. The average molecular weight is 837 g/mol. The van der Waals surface area contributed by atoms with E-state index in [2.05, 4.69) is 57.1 Å². The fraction of sp³-hybridized carbons (Fsp3) is 0.436. The summed E-state index contributed by atoms with van der Waals surface area (Å²) in [6.45, 7) is 4.61. The minimum absolute atomic E-state index is 0.0188. The van der Waals surface area contributed by atoms with E-state index in [-0.39, 0.29) is 65.2 Å². The van der Waals surface area contributed by atoms with Crippen molar-refractivity contribution in [2.75, 3.05) is 56.1 Å². The van der Waals surface area contributed by atoms with Crippen LogP contribution < -0.4 is 26.3 Å². The molecule has 1 atom stereocenters. The number of anilines is 3. The molecule has 2 aromatic carbocycles. The van der Waals surface area contributed by atoms with Crippen molar-refractivity contribution < 1.29 is 32.8 Å². The first-order chi connectivity index (χ1) is 27.0. The molecular formula is C39H44BrF2N9O5. The van der Waals surface area contributed by atoms with Crippen molar-refractivity contribution >= 4 is 67.8 Å². The molecule has 3 aliphatic heterocycles. The Morgan fingerprint density at radius 1 is 1.00 bits per heavy atom. The predicted molar refractivity (Wildman–Crippen MR) is 208 cm³/mol. The monoisotopic (exact) mass is 835 g/mol. The number of imidazole rings is 1. The number of aryl methyl sites for hydroxylation is 1. The number of carbonyl (C=O) groups is 4. The van der Waals surface area contributed by atoms with E-state index in [1.54, 1.807) is 23.9 Å². The summed E-state index contributed by atoms with van der Waals surface area (Å²) < 4.78 is 32.3. The van der Waals surface area contributed by atoms with Crippen molar-refractivity contribution in [3.63, 3.8) is 0 Å². The molecule has 0 spiro atoms. The molecule has 1 unspecified atom stereocenters. The fourth-order valence-corrected chi connectivity index (χ4v) is 8.02. The first-order valence-electron chi connectivity index (χ1n) is 18.9. The molecule has 4 N–H and O–H groups in total. The number of amides is 4. The minimum atomic E-state index is -0.815. The highest BCUT2D eigenvalue weighted by atomic mass is 79.9. The molecule has 0 radical (unpaired) electrons. The van der Waals surface area contributed by atoms with Crippen LogP contribution in [0.4, 0.5) is 26.0 Å². The zero-order chi connectivity index (χ0) is 39.3. The molecule has 4 aromatic rings. The molecule has 0 bridgehead atoms. The van der Waals surface area contributed by atoms with Crippen LogP contribution in [0.1, 0.15) is 60.4 Å². The van der Waals surface area contributed by atoms with E-state index in [0.717, 1.165) is 69.8 Å². The fourth-order valence-electron chi connectivity index (χ4n) is 7.68. The molecule has 0 aliphatic carbocycles. The second-order valence-electron chi connectivity index (χ2n) is 14.6. The van der Waals surface area contributed by atoms with Crippen molar-refractivity contribution in [1.29, 1.82) is 0 Å². The number of likely N-dealkylation sites (tertiary alicyclic amines) is 1. The first-order valence-corrected chi connectivity index (χ1v) is 19.7. The minimum Gasteiger partial charge on any atom is -0.357 e. The van der Waals surface area contributed by atoms with Gasteiger partial charge in [0.15, 0.2) is 5.82 Å². The Morgan fingerprint density at radius 3 is 2.50 bits per heavy atom. The summed E-state index contributed by atoms with van der Waals surface area (Å²) >= 11 is 3.20. The highest BCUT2D eigenvalue weighted by Gasteiger charge is 2.30. The van der Waals surface area contributed by atoms with E-state index >= 15 is 4.39 Å². The van der Waals surface area contributed by atoms with Crippen LogP contribution in [0.3, 0.4) is 0 Å². The standard InChI is InChI=1S/C39H44BrF2N9O5/c1-49-22-45-36-31(49)19-28(35(34(36)42)46-30-5-3-26(40)18-29(30)41)39(55)48-56-17-12-43-37(53)24-10-13-50(14-11-24)21-23-8-15-51(16-9-23)32-6-2-25(20-44-32)27-4-7-33(52)47-38(27)54/h2-3,5-6,18-20,22-24,27,46H,4,7-17,21H2,1H3,(H,43,53)(H,48,55)(H,47,52,54). The number of nitrogens with one attached hydrogen (secondary N) is 4. The lowest BCUT2D eigenvalue weighted by Crippen LogP contribution is -2.44. The Labute approximate surface area is 330 Å². The van der Waals surface area contributed by atoms with E-state index in [1.165, 1.54) is 24.5 Å². The number of pyridine rings is 1. The van der Waals surface area contributed by atoms with Gasteiger partial charge in [-0.15, -0.1) is 0 Å². The van der Waals surface area contributed by atoms with Gasteiger partial charge in [-0.25, -0.2) is 24.2 Å². The smallest absolute Gasteiger partial charge is 0.277 e. The van der Waals surface area contributed by atoms with Crippen LogP contribution in [0.15, 0.2) is 53.4 Å². The van der Waals surface area contributed by atoms with Crippen molar-refractivity contribution in [1.82, 2.24) is 35.5 Å². The summed E-state index contributed by atoms with van der Waals surface area (Å²) in [6, 6.07) is 9.59. The second kappa shape index (κ2) is 17.4. The Morgan fingerprint density at radius 2 is 1.79 bits per heavy atom. The summed E-state index contributed by atoms with van der Waals surface area (Å²) in [4.78, 5) is 68.7. The first kappa shape index (κ1) is 39.2. The van der Waals surface area contributed by atoms with Gasteiger partial charge in [-0.2, -0.15) is 0 Å². The maximum Gasteiger partial charge on any atom is 0.277 e. The summed E-state index contributed by atoms with van der Waals surface area (Å²) in [5, 5.41) is 8.00. The third-order valence-electron chi connectivity index (χ3n) is 10.9. The molecule has 2 aromatic heterocycles. The normalized spacial score (nSPS) is 18.6. The zero-order valence-corrected chi connectivity index (χ0v) is 32.5. The summed E-state index contributed by atoms with van der Waals surface area (Å²) in [7, 11) is 1.67. The Bertz CT molecular complexity index is 2100. The van der Waals surface area contributed by atoms with Gasteiger partial charge in [-0.05, 0) is 87.0 Å². The van der Waals surface area contributed by atoms with Gasteiger partial charge in [0, 0.05) is 56.2 Å². The number of fused-ring (bicyclic) bond motifs is 1. The molecule has 0 saturated carbocycles. The molecule has 3 fully saturated rings. The lowest BCUT2D eigenvalue weighted by atomic mass is 9.91. The summed E-state index contributed by atoms with van der Waals surface area (Å²) in [6.07, 6.45) is 7.61. The van der Waals surface area contributed by atoms with Crippen molar-refractivity contribution in [3.8, 4) is 0 Å². The van der Waals surface area contributed by atoms with Gasteiger partial charge in [0.05, 0.1) is 41.3 Å². The van der Waals surface area contributed by atoms with Crippen LogP contribution >= 0.6 is 15.9 Å². The van der Waals surface area contributed by atoms with Crippen LogP contribution in [-0.4, -0.2) is 88.9 Å². The molecular weight excluding hydrogens is 792 g/mol. The number of hydrogen-bond donors (Lipinski definition) is 4. The molecule has 56 heavy (non-hydrogen) atoms. The van der Waals surface area contributed by atoms with Crippen LogP contribution in [-0.2, 0) is 26.3 Å². The van der Waals surface area contributed by atoms with E-state index in [4.69, 9.17) is 4.84 Å². The molecule has 14 nitrogen and oxygen atoms in total. The van der Waals surface area contributed by atoms with Gasteiger partial charge in [0.1, 0.15) is 17.2 Å². The van der Waals surface area contributed by atoms with Crippen molar-refractivity contribution in [2.45, 2.75) is 44.4 Å². The lowest BCUT2D eigenvalue weighted by molar-refractivity contribution is -0.134. The third-order valence-corrected chi connectivity index (χ3v) is 11.4. The zero-order valence-electron chi connectivity index (χ0n) is 31.0. The number of aromatic nitrogens is 3. The van der Waals surface area contributed by atoms with Gasteiger partial charge < -0.3 is 25.0 Å². The van der Waals surface area contributed by atoms with E-state index in [9.17, 15) is 23.6 Å².